The lowest BCUT2D eigenvalue weighted by atomic mass is 10.1. The monoisotopic (exact) mass is 820 g/mol. The third-order valence-corrected chi connectivity index (χ3v) is 8.28. The number of nitrogens with one attached hydrogen (secondary N) is 2. The first kappa shape index (κ1) is 52.8. The van der Waals surface area contributed by atoms with Gasteiger partial charge in [-0.3, -0.25) is 53.3 Å². The molecular formula is C40H64N6O12. The van der Waals surface area contributed by atoms with E-state index < -0.39 is 17.9 Å². The molecule has 0 radical (unpaired) electrons. The van der Waals surface area contributed by atoms with Gasteiger partial charge in [-0.05, 0) is 79.1 Å². The number of amides is 2. The minimum absolute atomic E-state index is 0.00551. The molecule has 0 bridgehead atoms. The fourth-order valence-electron chi connectivity index (χ4n) is 4.53. The minimum Gasteiger partial charge on any atom is -0.462 e. The lowest BCUT2D eigenvalue weighted by Gasteiger charge is -2.07. The van der Waals surface area contributed by atoms with Crippen LogP contribution < -0.4 is 10.7 Å². The second kappa shape index (κ2) is 33.9. The minimum atomic E-state index is -0.501. The van der Waals surface area contributed by atoms with E-state index in [2.05, 4.69) is 30.8 Å². The number of carbonyl (C=O) groups excluding carboxylic acids is 8. The van der Waals surface area contributed by atoms with Gasteiger partial charge in [0, 0.05) is 62.6 Å². The van der Waals surface area contributed by atoms with Crippen LogP contribution in [0.5, 0.6) is 0 Å². The molecular weight excluding hydrogens is 756 g/mol. The molecule has 0 unspecified atom stereocenters. The number of hydrazone groups is 1. The number of hydrogen-bond donors (Lipinski definition) is 2. The SMILES string of the molecule is CN=C(C)CCC(=O)OCCOC(=O)CCC(C)=NCC(=O)CCCCC(=O)CN=C(C)CCC(=O)OCCOC(=O)CC/C(C)=N/NC(=O)CCCCC(=O)NC. The van der Waals surface area contributed by atoms with Crippen molar-refractivity contribution in [2.24, 2.45) is 20.1 Å². The summed E-state index contributed by atoms with van der Waals surface area (Å²) in [5, 5.41) is 6.48. The number of carbonyl (C=O) groups is 8. The molecule has 0 fully saturated rings. The topological polar surface area (TPSA) is 247 Å². The van der Waals surface area contributed by atoms with Gasteiger partial charge in [-0.25, -0.2) is 5.43 Å². The highest BCUT2D eigenvalue weighted by Crippen LogP contribution is 2.05. The van der Waals surface area contributed by atoms with Gasteiger partial charge < -0.3 is 24.3 Å². The molecule has 0 heterocycles. The highest BCUT2D eigenvalue weighted by Gasteiger charge is 2.11. The van der Waals surface area contributed by atoms with Gasteiger partial charge in [0.2, 0.25) is 11.8 Å². The van der Waals surface area contributed by atoms with Crippen LogP contribution in [0.2, 0.25) is 0 Å². The zero-order valence-electron chi connectivity index (χ0n) is 35.2. The molecule has 0 aliphatic heterocycles. The van der Waals surface area contributed by atoms with E-state index in [1.165, 1.54) is 0 Å². The molecule has 0 aliphatic rings. The van der Waals surface area contributed by atoms with Crippen molar-refractivity contribution in [3.05, 3.63) is 0 Å². The molecule has 58 heavy (non-hydrogen) atoms. The summed E-state index contributed by atoms with van der Waals surface area (Å²) >= 11 is 0. The molecule has 0 atom stereocenters. The van der Waals surface area contributed by atoms with Gasteiger partial charge in [0.1, 0.15) is 26.4 Å². The number of ether oxygens (including phenoxy) is 4. The molecule has 2 N–H and O–H groups in total. The van der Waals surface area contributed by atoms with Crippen molar-refractivity contribution in [3.63, 3.8) is 0 Å². The number of rotatable bonds is 33. The Balaban J connectivity index is 4.00. The largest absolute Gasteiger partial charge is 0.462 e. The standard InChI is InChI=1S/C40H64N6O12/c1-29(41-5)15-19-37(51)55-23-24-56-38(52)20-16-30(2)43-27-33(47)11-7-8-12-34(48)28-44-31(3)17-21-39(53)57-25-26-58-40(54)22-18-32(4)45-46-36(50)14-10-9-13-35(49)42-6/h7-28H2,1-6H3,(H,42,49)(H,46,50)/b41-29?,43-30?,44-31?,45-32+. The number of unbranched alkanes of at least 4 members (excludes halogenated alkanes) is 2. The van der Waals surface area contributed by atoms with Crippen molar-refractivity contribution in [2.75, 3.05) is 53.6 Å². The highest BCUT2D eigenvalue weighted by atomic mass is 16.6. The van der Waals surface area contributed by atoms with Crippen molar-refractivity contribution in [1.82, 2.24) is 10.7 Å². The van der Waals surface area contributed by atoms with Crippen molar-refractivity contribution < 1.29 is 57.3 Å². The van der Waals surface area contributed by atoms with E-state index in [0.29, 0.717) is 68.5 Å². The number of hydrogen-bond acceptors (Lipinski definition) is 16. The number of nitrogens with zero attached hydrogens (tertiary/aromatic N) is 4. The van der Waals surface area contributed by atoms with Crippen LogP contribution >= 0.6 is 0 Å². The average molecular weight is 821 g/mol. The van der Waals surface area contributed by atoms with Crippen LogP contribution in [0.4, 0.5) is 0 Å². The van der Waals surface area contributed by atoms with Gasteiger partial charge >= 0.3 is 23.9 Å². The summed E-state index contributed by atoms with van der Waals surface area (Å²) in [5.41, 5.74) is 5.07. The normalized spacial score (nSPS) is 12.0. The van der Waals surface area contributed by atoms with E-state index in [0.717, 1.165) is 5.71 Å². The van der Waals surface area contributed by atoms with Gasteiger partial charge in [-0.1, -0.05) is 0 Å². The fraction of sp³-hybridized carbons (Fsp3) is 0.700. The Morgan fingerprint density at radius 3 is 1.16 bits per heavy atom. The van der Waals surface area contributed by atoms with Gasteiger partial charge in [-0.15, -0.1) is 0 Å². The Hall–Kier alpha value is -5.16. The molecule has 0 rings (SSSR count). The second-order valence-electron chi connectivity index (χ2n) is 13.5. The van der Waals surface area contributed by atoms with E-state index in [4.69, 9.17) is 18.9 Å². The van der Waals surface area contributed by atoms with Crippen LogP contribution in [0.15, 0.2) is 20.1 Å². The predicted octanol–water partition coefficient (Wildman–Crippen LogP) is 3.79. The fourth-order valence-corrected chi connectivity index (χ4v) is 4.53. The summed E-state index contributed by atoms with van der Waals surface area (Å²) in [6, 6.07) is 0. The smallest absolute Gasteiger partial charge is 0.306 e. The predicted molar refractivity (Wildman–Crippen MR) is 218 cm³/mol. The Kier molecular flexibility index (Phi) is 30.9. The summed E-state index contributed by atoms with van der Waals surface area (Å²) in [5.74, 6) is -2.33. The van der Waals surface area contributed by atoms with Crippen LogP contribution in [0.1, 0.15) is 130 Å². The van der Waals surface area contributed by atoms with Crippen LogP contribution in [0.3, 0.4) is 0 Å². The Bertz CT molecular complexity index is 1470. The van der Waals surface area contributed by atoms with Crippen molar-refractivity contribution in [3.8, 4) is 0 Å². The van der Waals surface area contributed by atoms with Crippen molar-refractivity contribution >= 4 is 70.1 Å². The molecule has 18 nitrogen and oxygen atoms in total. The highest BCUT2D eigenvalue weighted by molar-refractivity contribution is 5.90. The Morgan fingerprint density at radius 1 is 0.431 bits per heavy atom. The maximum Gasteiger partial charge on any atom is 0.306 e. The van der Waals surface area contributed by atoms with E-state index >= 15 is 0 Å². The summed E-state index contributed by atoms with van der Waals surface area (Å²) in [7, 11) is 3.21. The molecule has 0 aromatic carbocycles. The molecule has 0 aliphatic carbocycles. The lowest BCUT2D eigenvalue weighted by molar-refractivity contribution is -0.152. The molecule has 18 heteroatoms. The van der Waals surface area contributed by atoms with Gasteiger partial charge in [0.05, 0.1) is 38.8 Å². The average Bonchev–Trinajstić information content (AvgIpc) is 3.21. The summed E-state index contributed by atoms with van der Waals surface area (Å²) in [6.07, 6.45) is 5.18. The van der Waals surface area contributed by atoms with Crippen LogP contribution in [0.25, 0.3) is 0 Å². The Morgan fingerprint density at radius 2 is 0.776 bits per heavy atom. The molecule has 326 valence electrons. The maximum absolute atomic E-state index is 12.2. The number of esters is 4. The molecule has 2 amide bonds. The molecule has 0 aromatic rings. The summed E-state index contributed by atoms with van der Waals surface area (Å²) < 4.78 is 20.2. The third kappa shape index (κ3) is 33.0. The molecule has 0 saturated heterocycles. The van der Waals surface area contributed by atoms with Gasteiger partial charge in [0.15, 0.2) is 11.6 Å². The quantitative estimate of drug-likeness (QED) is 0.0316. The van der Waals surface area contributed by atoms with E-state index in [1.807, 2.05) is 6.92 Å². The second-order valence-corrected chi connectivity index (χ2v) is 13.5. The van der Waals surface area contributed by atoms with Crippen molar-refractivity contribution in [1.29, 1.82) is 0 Å². The lowest BCUT2D eigenvalue weighted by Crippen LogP contribution is -2.20. The Labute approximate surface area is 341 Å². The van der Waals surface area contributed by atoms with Gasteiger partial charge in [-0.2, -0.15) is 5.10 Å². The summed E-state index contributed by atoms with van der Waals surface area (Å²) in [4.78, 5) is 108. The van der Waals surface area contributed by atoms with Crippen LogP contribution in [0, 0.1) is 0 Å². The number of ketones is 2. The van der Waals surface area contributed by atoms with E-state index in [9.17, 15) is 38.4 Å². The number of Topliss-reactive ketones (excluding diaryl/α,β-unsaturated/α-hetero) is 2. The molecule has 0 spiro atoms. The molecule has 0 saturated carbocycles. The summed E-state index contributed by atoms with van der Waals surface area (Å²) in [6.45, 7) is 6.64. The van der Waals surface area contributed by atoms with E-state index in [1.54, 1.807) is 34.9 Å². The van der Waals surface area contributed by atoms with Crippen LogP contribution in [-0.2, 0) is 57.3 Å². The molecule has 0 aromatic heterocycles. The maximum atomic E-state index is 12.2. The number of aliphatic imine (C=N–C) groups is 3. The van der Waals surface area contributed by atoms with Gasteiger partial charge in [0.25, 0.3) is 0 Å². The first-order valence-electron chi connectivity index (χ1n) is 19.8. The van der Waals surface area contributed by atoms with E-state index in [-0.39, 0.29) is 120 Å². The zero-order valence-corrected chi connectivity index (χ0v) is 35.2. The first-order valence-corrected chi connectivity index (χ1v) is 19.8. The van der Waals surface area contributed by atoms with Crippen molar-refractivity contribution in [2.45, 2.75) is 130 Å². The zero-order chi connectivity index (χ0) is 43.6. The van der Waals surface area contributed by atoms with Crippen LogP contribution in [-0.4, -0.2) is 124 Å². The first-order chi connectivity index (χ1) is 27.6. The third-order valence-electron chi connectivity index (χ3n) is 8.28.